The molecule has 0 N–H and O–H groups in total. The lowest BCUT2D eigenvalue weighted by atomic mass is 10.2. The zero-order valence-electron chi connectivity index (χ0n) is 12.0. The van der Waals surface area contributed by atoms with Gasteiger partial charge in [-0.15, -0.1) is 0 Å². The van der Waals surface area contributed by atoms with Crippen LogP contribution in [0.3, 0.4) is 0 Å². The predicted octanol–water partition coefficient (Wildman–Crippen LogP) is 2.87. The lowest BCUT2D eigenvalue weighted by molar-refractivity contribution is -0.137. The van der Waals surface area contributed by atoms with Crippen molar-refractivity contribution in [2.45, 2.75) is 6.18 Å². The SMILES string of the molecule is FC(F)(F)c1ccc(N2CCN(c3cncc(Cl)n3)CC2)nc1. The van der Waals surface area contributed by atoms with Gasteiger partial charge in [0.15, 0.2) is 0 Å². The molecule has 3 rings (SSSR count). The predicted molar refractivity (Wildman–Crippen MR) is 80.7 cm³/mol. The molecule has 1 aliphatic rings. The van der Waals surface area contributed by atoms with Crippen LogP contribution in [-0.4, -0.2) is 41.1 Å². The molecule has 23 heavy (non-hydrogen) atoms. The molecule has 2 aromatic heterocycles. The second kappa shape index (κ2) is 6.19. The van der Waals surface area contributed by atoms with E-state index in [4.69, 9.17) is 11.6 Å². The van der Waals surface area contributed by atoms with Gasteiger partial charge in [-0.3, -0.25) is 4.98 Å². The molecule has 0 amide bonds. The molecule has 9 heteroatoms. The molecule has 0 atom stereocenters. The Hall–Kier alpha value is -2.09. The Bertz CT molecular complexity index is 669. The summed E-state index contributed by atoms with van der Waals surface area (Å²) in [5.41, 5.74) is -0.742. The minimum atomic E-state index is -4.37. The van der Waals surface area contributed by atoms with E-state index < -0.39 is 11.7 Å². The molecule has 122 valence electrons. The van der Waals surface area contributed by atoms with Crippen molar-refractivity contribution in [2.75, 3.05) is 36.0 Å². The van der Waals surface area contributed by atoms with Crippen LogP contribution in [0.1, 0.15) is 5.56 Å². The van der Waals surface area contributed by atoms with Crippen molar-refractivity contribution in [3.05, 3.63) is 41.4 Å². The number of halogens is 4. The molecule has 1 saturated heterocycles. The van der Waals surface area contributed by atoms with Gasteiger partial charge in [-0.25, -0.2) is 9.97 Å². The highest BCUT2D eigenvalue weighted by molar-refractivity contribution is 6.29. The lowest BCUT2D eigenvalue weighted by Crippen LogP contribution is -2.47. The highest BCUT2D eigenvalue weighted by Gasteiger charge is 2.31. The van der Waals surface area contributed by atoms with Crippen LogP contribution < -0.4 is 9.80 Å². The van der Waals surface area contributed by atoms with Gasteiger partial charge in [0.2, 0.25) is 0 Å². The normalized spacial score (nSPS) is 15.8. The fraction of sp³-hybridized carbons (Fsp3) is 0.357. The van der Waals surface area contributed by atoms with Crippen LogP contribution in [0, 0.1) is 0 Å². The van der Waals surface area contributed by atoms with Crippen molar-refractivity contribution in [3.63, 3.8) is 0 Å². The van der Waals surface area contributed by atoms with Crippen molar-refractivity contribution < 1.29 is 13.2 Å². The van der Waals surface area contributed by atoms with Gasteiger partial charge < -0.3 is 9.80 Å². The van der Waals surface area contributed by atoms with Crippen LogP contribution in [0.2, 0.25) is 5.15 Å². The number of hydrogen-bond donors (Lipinski definition) is 0. The van der Waals surface area contributed by atoms with Crippen LogP contribution >= 0.6 is 11.6 Å². The van der Waals surface area contributed by atoms with Crippen LogP contribution in [0.4, 0.5) is 24.8 Å². The van der Waals surface area contributed by atoms with E-state index in [1.165, 1.54) is 12.3 Å². The van der Waals surface area contributed by atoms with E-state index in [1.807, 2.05) is 9.80 Å². The highest BCUT2D eigenvalue weighted by atomic mass is 35.5. The summed E-state index contributed by atoms with van der Waals surface area (Å²) in [7, 11) is 0. The van der Waals surface area contributed by atoms with E-state index in [1.54, 1.807) is 6.20 Å². The number of aromatic nitrogens is 3. The Morgan fingerprint density at radius 3 is 2.09 bits per heavy atom. The summed E-state index contributed by atoms with van der Waals surface area (Å²) < 4.78 is 37.6. The average Bonchev–Trinajstić information content (AvgIpc) is 2.54. The number of pyridine rings is 1. The molecule has 0 aromatic carbocycles. The summed E-state index contributed by atoms with van der Waals surface area (Å²) in [6.45, 7) is 2.59. The zero-order valence-corrected chi connectivity index (χ0v) is 12.7. The van der Waals surface area contributed by atoms with Crippen molar-refractivity contribution in [2.24, 2.45) is 0 Å². The number of alkyl halides is 3. The lowest BCUT2D eigenvalue weighted by Gasteiger charge is -2.35. The maximum absolute atomic E-state index is 12.5. The minimum absolute atomic E-state index is 0.328. The smallest absolute Gasteiger partial charge is 0.353 e. The summed E-state index contributed by atoms with van der Waals surface area (Å²) in [5, 5.41) is 0.328. The van der Waals surface area contributed by atoms with Gasteiger partial charge in [-0.2, -0.15) is 13.2 Å². The van der Waals surface area contributed by atoms with Gasteiger partial charge in [-0.1, -0.05) is 11.6 Å². The quantitative estimate of drug-likeness (QED) is 0.839. The molecule has 0 unspecified atom stereocenters. The molecule has 0 spiro atoms. The van der Waals surface area contributed by atoms with Gasteiger partial charge in [0, 0.05) is 32.4 Å². The zero-order chi connectivity index (χ0) is 16.4. The van der Waals surface area contributed by atoms with Crippen molar-refractivity contribution >= 4 is 23.2 Å². The third kappa shape index (κ3) is 3.64. The second-order valence-electron chi connectivity index (χ2n) is 5.08. The van der Waals surface area contributed by atoms with Crippen molar-refractivity contribution in [1.29, 1.82) is 0 Å². The van der Waals surface area contributed by atoms with Crippen LogP contribution in [0.5, 0.6) is 0 Å². The summed E-state index contributed by atoms with van der Waals surface area (Å²) >= 11 is 5.83. The number of anilines is 2. The fourth-order valence-electron chi connectivity index (χ4n) is 2.39. The maximum Gasteiger partial charge on any atom is 0.417 e. The Labute approximate surface area is 135 Å². The third-order valence-electron chi connectivity index (χ3n) is 3.60. The Morgan fingerprint density at radius 2 is 1.57 bits per heavy atom. The van der Waals surface area contributed by atoms with Crippen molar-refractivity contribution in [1.82, 2.24) is 15.0 Å². The van der Waals surface area contributed by atoms with E-state index in [-0.39, 0.29) is 0 Å². The van der Waals surface area contributed by atoms with Crippen LogP contribution in [0.15, 0.2) is 30.7 Å². The Morgan fingerprint density at radius 1 is 0.913 bits per heavy atom. The first kappa shape index (κ1) is 15.8. The van der Waals surface area contributed by atoms with E-state index in [0.717, 1.165) is 12.3 Å². The van der Waals surface area contributed by atoms with Gasteiger partial charge in [-0.05, 0) is 12.1 Å². The van der Waals surface area contributed by atoms with Gasteiger partial charge in [0.1, 0.15) is 16.8 Å². The van der Waals surface area contributed by atoms with Crippen molar-refractivity contribution in [3.8, 4) is 0 Å². The summed E-state index contributed by atoms with van der Waals surface area (Å²) in [5.74, 6) is 1.23. The minimum Gasteiger partial charge on any atom is -0.353 e. The van der Waals surface area contributed by atoms with Crippen LogP contribution in [-0.2, 0) is 6.18 Å². The Balaban J connectivity index is 1.65. The number of rotatable bonds is 2. The average molecular weight is 344 g/mol. The third-order valence-corrected chi connectivity index (χ3v) is 3.78. The maximum atomic E-state index is 12.5. The monoisotopic (exact) mass is 343 g/mol. The number of nitrogens with zero attached hydrogens (tertiary/aromatic N) is 5. The Kier molecular flexibility index (Phi) is 4.25. The van der Waals surface area contributed by atoms with Gasteiger partial charge in [0.25, 0.3) is 0 Å². The topological polar surface area (TPSA) is 45.2 Å². The number of hydrogen-bond acceptors (Lipinski definition) is 5. The first-order valence-electron chi connectivity index (χ1n) is 6.94. The molecule has 5 nitrogen and oxygen atoms in total. The summed E-state index contributed by atoms with van der Waals surface area (Å²) in [6.07, 6.45) is -0.398. The standard InChI is InChI=1S/C14H13ClF3N5/c15-11-8-19-9-13(21-11)23-5-3-22(4-6-23)12-2-1-10(7-20-12)14(16,17)18/h1-2,7-9H,3-6H2. The molecule has 3 heterocycles. The second-order valence-corrected chi connectivity index (χ2v) is 5.46. The first-order chi connectivity index (χ1) is 10.9. The van der Waals surface area contributed by atoms with E-state index in [0.29, 0.717) is 43.0 Å². The molecular formula is C14H13ClF3N5. The van der Waals surface area contributed by atoms with E-state index in [2.05, 4.69) is 15.0 Å². The molecule has 1 aliphatic heterocycles. The van der Waals surface area contributed by atoms with Gasteiger partial charge >= 0.3 is 6.18 Å². The molecule has 0 saturated carbocycles. The largest absolute Gasteiger partial charge is 0.417 e. The first-order valence-corrected chi connectivity index (χ1v) is 7.32. The van der Waals surface area contributed by atoms with E-state index >= 15 is 0 Å². The molecule has 0 aliphatic carbocycles. The summed E-state index contributed by atoms with van der Waals surface area (Å²) in [6, 6.07) is 2.45. The summed E-state index contributed by atoms with van der Waals surface area (Å²) in [4.78, 5) is 16.1. The fourth-order valence-corrected chi connectivity index (χ4v) is 2.53. The molecular weight excluding hydrogens is 331 g/mol. The highest BCUT2D eigenvalue weighted by Crippen LogP contribution is 2.29. The molecule has 0 bridgehead atoms. The van der Waals surface area contributed by atoms with Gasteiger partial charge in [0.05, 0.1) is 18.0 Å². The number of piperazine rings is 1. The molecule has 1 fully saturated rings. The van der Waals surface area contributed by atoms with E-state index in [9.17, 15) is 13.2 Å². The van der Waals surface area contributed by atoms with Crippen LogP contribution in [0.25, 0.3) is 0 Å². The molecule has 0 radical (unpaired) electrons. The molecule has 2 aromatic rings.